The summed E-state index contributed by atoms with van der Waals surface area (Å²) in [5.74, 6) is 0.357. The first kappa shape index (κ1) is 13.6. The van der Waals surface area contributed by atoms with E-state index in [0.717, 1.165) is 23.5 Å². The predicted octanol–water partition coefficient (Wildman–Crippen LogP) is 3.89. The van der Waals surface area contributed by atoms with Gasteiger partial charge in [0.25, 0.3) is 0 Å². The molecule has 0 fully saturated rings. The van der Waals surface area contributed by atoms with E-state index in [1.165, 1.54) is 17.5 Å². The summed E-state index contributed by atoms with van der Waals surface area (Å²) in [5.41, 5.74) is 3.69. The van der Waals surface area contributed by atoms with Crippen LogP contribution in [0.2, 0.25) is 0 Å². The molecule has 2 atom stereocenters. The van der Waals surface area contributed by atoms with Crippen LogP contribution in [0, 0.1) is 6.92 Å². The number of phenolic OH excluding ortho intramolecular Hbond substituents is 1. The first-order valence-corrected chi connectivity index (χ1v) is 8.01. The molecule has 1 heterocycles. The molecule has 0 aliphatic heterocycles. The van der Waals surface area contributed by atoms with Crippen LogP contribution in [0.5, 0.6) is 5.75 Å². The van der Waals surface area contributed by atoms with Crippen LogP contribution >= 0.6 is 11.3 Å². The van der Waals surface area contributed by atoms with Crippen molar-refractivity contribution >= 4 is 11.3 Å². The molecule has 0 saturated heterocycles. The molecule has 0 amide bonds. The number of aryl methyl sites for hydroxylation is 2. The Kier molecular flexibility index (Phi) is 3.76. The molecule has 106 valence electrons. The van der Waals surface area contributed by atoms with E-state index < -0.39 is 0 Å². The quantitative estimate of drug-likeness (QED) is 0.900. The molecule has 0 bridgehead atoms. The highest BCUT2D eigenvalue weighted by Gasteiger charge is 2.23. The standard InChI is InChI=1S/C16H20N2OS/c1-10-9-20-16(17-10)11(2)18-15-5-3-4-12-6-7-13(19)8-14(12)15/h6-9,11,15,18-19H,3-5H2,1-2H3. The van der Waals surface area contributed by atoms with Gasteiger partial charge in [-0.3, -0.25) is 0 Å². The second kappa shape index (κ2) is 5.54. The van der Waals surface area contributed by atoms with Crippen LogP contribution in [0.3, 0.4) is 0 Å². The summed E-state index contributed by atoms with van der Waals surface area (Å²) in [6.07, 6.45) is 3.42. The van der Waals surface area contributed by atoms with Gasteiger partial charge in [-0.05, 0) is 56.4 Å². The lowest BCUT2D eigenvalue weighted by atomic mass is 9.87. The smallest absolute Gasteiger partial charge is 0.115 e. The summed E-state index contributed by atoms with van der Waals surface area (Å²) in [4.78, 5) is 4.56. The molecule has 2 aromatic rings. The van der Waals surface area contributed by atoms with E-state index in [1.54, 1.807) is 17.4 Å². The number of nitrogens with zero attached hydrogens (tertiary/aromatic N) is 1. The summed E-state index contributed by atoms with van der Waals surface area (Å²) in [5, 5.41) is 16.6. The van der Waals surface area contributed by atoms with Crippen molar-refractivity contribution in [3.8, 4) is 5.75 Å². The van der Waals surface area contributed by atoms with Gasteiger partial charge < -0.3 is 10.4 Å². The monoisotopic (exact) mass is 288 g/mol. The van der Waals surface area contributed by atoms with Crippen LogP contribution in [0.15, 0.2) is 23.6 Å². The van der Waals surface area contributed by atoms with Gasteiger partial charge in [0, 0.05) is 17.1 Å². The van der Waals surface area contributed by atoms with Crippen molar-refractivity contribution in [3.63, 3.8) is 0 Å². The molecule has 0 radical (unpaired) electrons. The molecule has 0 saturated carbocycles. The van der Waals surface area contributed by atoms with E-state index in [1.807, 2.05) is 13.0 Å². The van der Waals surface area contributed by atoms with Crippen LogP contribution in [0.1, 0.15) is 53.7 Å². The molecular weight excluding hydrogens is 268 g/mol. The van der Waals surface area contributed by atoms with Gasteiger partial charge in [-0.25, -0.2) is 4.98 Å². The molecule has 3 rings (SSSR count). The SMILES string of the molecule is Cc1csc(C(C)NC2CCCc3ccc(O)cc32)n1. The maximum Gasteiger partial charge on any atom is 0.115 e. The van der Waals surface area contributed by atoms with Crippen molar-refractivity contribution in [1.29, 1.82) is 0 Å². The molecule has 2 unspecified atom stereocenters. The third-order valence-electron chi connectivity index (χ3n) is 3.90. The number of hydrogen-bond donors (Lipinski definition) is 2. The fourth-order valence-electron chi connectivity index (χ4n) is 2.90. The minimum absolute atomic E-state index is 0.243. The number of nitrogens with one attached hydrogen (secondary N) is 1. The average Bonchev–Trinajstić information content (AvgIpc) is 2.86. The first-order chi connectivity index (χ1) is 9.63. The van der Waals surface area contributed by atoms with Gasteiger partial charge in [0.15, 0.2) is 0 Å². The van der Waals surface area contributed by atoms with Crippen LogP contribution in [0.25, 0.3) is 0 Å². The Balaban J connectivity index is 1.80. The Labute approximate surface area is 123 Å². The predicted molar refractivity (Wildman–Crippen MR) is 82.2 cm³/mol. The largest absolute Gasteiger partial charge is 0.508 e. The zero-order valence-electron chi connectivity index (χ0n) is 11.9. The van der Waals surface area contributed by atoms with Crippen LogP contribution in [-0.2, 0) is 6.42 Å². The van der Waals surface area contributed by atoms with Gasteiger partial charge in [-0.2, -0.15) is 0 Å². The molecule has 4 heteroatoms. The van der Waals surface area contributed by atoms with Crippen LogP contribution in [0.4, 0.5) is 0 Å². The summed E-state index contributed by atoms with van der Waals surface area (Å²) in [7, 11) is 0. The summed E-state index contributed by atoms with van der Waals surface area (Å²) >= 11 is 1.71. The maximum absolute atomic E-state index is 9.72. The van der Waals surface area contributed by atoms with Gasteiger partial charge >= 0.3 is 0 Å². The van der Waals surface area contributed by atoms with E-state index in [9.17, 15) is 5.11 Å². The summed E-state index contributed by atoms with van der Waals surface area (Å²) in [6.45, 7) is 4.19. The zero-order chi connectivity index (χ0) is 14.1. The second-order valence-electron chi connectivity index (χ2n) is 5.54. The number of rotatable bonds is 3. The Morgan fingerprint density at radius 2 is 2.30 bits per heavy atom. The van der Waals surface area contributed by atoms with Crippen molar-refractivity contribution in [2.45, 2.75) is 45.2 Å². The Hall–Kier alpha value is -1.39. The molecule has 1 aromatic carbocycles. The van der Waals surface area contributed by atoms with E-state index in [0.29, 0.717) is 11.8 Å². The fourth-order valence-corrected chi connectivity index (χ4v) is 3.72. The third-order valence-corrected chi connectivity index (χ3v) is 5.05. The van der Waals surface area contributed by atoms with Crippen LogP contribution < -0.4 is 5.32 Å². The number of aromatic nitrogens is 1. The molecular formula is C16H20N2OS. The van der Waals surface area contributed by atoms with Gasteiger partial charge in [-0.15, -0.1) is 11.3 Å². The highest BCUT2D eigenvalue weighted by molar-refractivity contribution is 7.09. The summed E-state index contributed by atoms with van der Waals surface area (Å²) < 4.78 is 0. The summed E-state index contributed by atoms with van der Waals surface area (Å²) in [6, 6.07) is 6.30. The van der Waals surface area contributed by atoms with Crippen LogP contribution in [-0.4, -0.2) is 10.1 Å². The Bertz CT molecular complexity index is 608. The number of aromatic hydroxyl groups is 1. The molecule has 2 N–H and O–H groups in total. The minimum Gasteiger partial charge on any atom is -0.508 e. The van der Waals surface area contributed by atoms with Crippen molar-refractivity contribution in [2.24, 2.45) is 0 Å². The fraction of sp³-hybridized carbons (Fsp3) is 0.438. The molecule has 1 aliphatic carbocycles. The van der Waals surface area contributed by atoms with Crippen molar-refractivity contribution < 1.29 is 5.11 Å². The van der Waals surface area contributed by atoms with E-state index >= 15 is 0 Å². The second-order valence-corrected chi connectivity index (χ2v) is 6.43. The Morgan fingerprint density at radius 3 is 3.05 bits per heavy atom. The lowest BCUT2D eigenvalue weighted by molar-refractivity contribution is 0.410. The van der Waals surface area contributed by atoms with Gasteiger partial charge in [0.05, 0.1) is 6.04 Å². The average molecular weight is 288 g/mol. The molecule has 1 aromatic heterocycles. The zero-order valence-corrected chi connectivity index (χ0v) is 12.7. The van der Waals surface area contributed by atoms with Gasteiger partial charge in [0.2, 0.25) is 0 Å². The van der Waals surface area contributed by atoms with Crippen molar-refractivity contribution in [2.75, 3.05) is 0 Å². The number of thiazole rings is 1. The molecule has 0 spiro atoms. The van der Waals surface area contributed by atoms with Gasteiger partial charge in [0.1, 0.15) is 10.8 Å². The highest BCUT2D eigenvalue weighted by atomic mass is 32.1. The lowest BCUT2D eigenvalue weighted by Crippen LogP contribution is -2.27. The van der Waals surface area contributed by atoms with E-state index in [4.69, 9.17) is 0 Å². The van der Waals surface area contributed by atoms with E-state index in [2.05, 4.69) is 28.7 Å². The van der Waals surface area contributed by atoms with Crippen molar-refractivity contribution in [3.05, 3.63) is 45.4 Å². The minimum atomic E-state index is 0.243. The number of benzene rings is 1. The van der Waals surface area contributed by atoms with Crippen molar-refractivity contribution in [1.82, 2.24) is 10.3 Å². The normalized spacial score (nSPS) is 19.6. The number of hydrogen-bond acceptors (Lipinski definition) is 4. The third kappa shape index (κ3) is 2.72. The number of fused-ring (bicyclic) bond motifs is 1. The topological polar surface area (TPSA) is 45.1 Å². The maximum atomic E-state index is 9.72. The number of phenols is 1. The molecule has 3 nitrogen and oxygen atoms in total. The lowest BCUT2D eigenvalue weighted by Gasteiger charge is -2.28. The molecule has 20 heavy (non-hydrogen) atoms. The Morgan fingerprint density at radius 1 is 1.45 bits per heavy atom. The van der Waals surface area contributed by atoms with Gasteiger partial charge in [-0.1, -0.05) is 6.07 Å². The molecule has 1 aliphatic rings. The highest BCUT2D eigenvalue weighted by Crippen LogP contribution is 2.34. The van der Waals surface area contributed by atoms with E-state index in [-0.39, 0.29) is 6.04 Å². The first-order valence-electron chi connectivity index (χ1n) is 7.13.